The van der Waals surface area contributed by atoms with Gasteiger partial charge in [0, 0.05) is 31.0 Å². The SMILES string of the molecule is O=C(c1ccoc1)N1CCC[C@H](OCc2nc(-c3ccncc3)no2)C1. The lowest BCUT2D eigenvalue weighted by atomic mass is 10.1. The van der Waals surface area contributed by atoms with Gasteiger partial charge in [0.1, 0.15) is 12.9 Å². The number of amides is 1. The Kier molecular flexibility index (Phi) is 4.74. The van der Waals surface area contributed by atoms with Gasteiger partial charge in [0.15, 0.2) is 0 Å². The Hall–Kier alpha value is -3.00. The van der Waals surface area contributed by atoms with E-state index < -0.39 is 0 Å². The van der Waals surface area contributed by atoms with Crippen molar-refractivity contribution in [2.45, 2.75) is 25.6 Å². The first kappa shape index (κ1) is 16.5. The molecule has 1 aliphatic heterocycles. The fraction of sp³-hybridized carbons (Fsp3) is 0.333. The van der Waals surface area contributed by atoms with Crippen molar-refractivity contribution in [1.29, 1.82) is 0 Å². The highest BCUT2D eigenvalue weighted by Gasteiger charge is 2.26. The molecule has 3 aromatic heterocycles. The summed E-state index contributed by atoms with van der Waals surface area (Å²) in [4.78, 5) is 22.5. The number of carbonyl (C=O) groups excluding carboxylic acids is 1. The summed E-state index contributed by atoms with van der Waals surface area (Å²) < 4.78 is 16.1. The van der Waals surface area contributed by atoms with Crippen molar-refractivity contribution < 1.29 is 18.5 Å². The lowest BCUT2D eigenvalue weighted by Gasteiger charge is -2.32. The van der Waals surface area contributed by atoms with E-state index in [9.17, 15) is 4.79 Å². The molecular formula is C18H18N4O4. The third-order valence-electron chi connectivity index (χ3n) is 4.28. The molecule has 0 unspecified atom stereocenters. The third-order valence-corrected chi connectivity index (χ3v) is 4.28. The van der Waals surface area contributed by atoms with Crippen molar-refractivity contribution in [3.05, 3.63) is 54.6 Å². The summed E-state index contributed by atoms with van der Waals surface area (Å²) in [5, 5.41) is 3.96. The van der Waals surface area contributed by atoms with Gasteiger partial charge < -0.3 is 18.6 Å². The number of likely N-dealkylation sites (tertiary alicyclic amines) is 1. The minimum absolute atomic E-state index is 0.0372. The van der Waals surface area contributed by atoms with Crippen molar-refractivity contribution in [3.63, 3.8) is 0 Å². The Balaban J connectivity index is 1.33. The molecule has 0 saturated carbocycles. The molecule has 0 radical (unpaired) electrons. The Morgan fingerprint density at radius 2 is 2.19 bits per heavy atom. The molecule has 8 nitrogen and oxygen atoms in total. The topological polar surface area (TPSA) is 94.5 Å². The van der Waals surface area contributed by atoms with Crippen LogP contribution in [0.2, 0.25) is 0 Å². The second kappa shape index (κ2) is 7.49. The van der Waals surface area contributed by atoms with Gasteiger partial charge in [0.2, 0.25) is 5.82 Å². The molecule has 1 fully saturated rings. The first-order valence-electron chi connectivity index (χ1n) is 8.45. The summed E-state index contributed by atoms with van der Waals surface area (Å²) in [6.45, 7) is 1.47. The number of furan rings is 1. The van der Waals surface area contributed by atoms with Crippen molar-refractivity contribution in [1.82, 2.24) is 20.0 Å². The van der Waals surface area contributed by atoms with E-state index >= 15 is 0 Å². The lowest BCUT2D eigenvalue weighted by molar-refractivity contribution is -0.0153. The van der Waals surface area contributed by atoms with E-state index in [1.165, 1.54) is 12.5 Å². The third kappa shape index (κ3) is 3.65. The number of hydrogen-bond acceptors (Lipinski definition) is 7. The van der Waals surface area contributed by atoms with E-state index in [1.807, 2.05) is 12.1 Å². The average Bonchev–Trinajstić information content (AvgIpc) is 3.39. The summed E-state index contributed by atoms with van der Waals surface area (Å²) in [5.74, 6) is 0.881. The molecular weight excluding hydrogens is 336 g/mol. The second-order valence-corrected chi connectivity index (χ2v) is 6.09. The molecule has 1 saturated heterocycles. The fourth-order valence-electron chi connectivity index (χ4n) is 2.95. The van der Waals surface area contributed by atoms with Crippen LogP contribution >= 0.6 is 0 Å². The van der Waals surface area contributed by atoms with Crippen LogP contribution in [0.4, 0.5) is 0 Å². The molecule has 3 aromatic rings. The summed E-state index contributed by atoms with van der Waals surface area (Å²) in [6, 6.07) is 5.30. The normalized spacial score (nSPS) is 17.4. The average molecular weight is 354 g/mol. The van der Waals surface area contributed by atoms with E-state index in [-0.39, 0.29) is 18.6 Å². The summed E-state index contributed by atoms with van der Waals surface area (Å²) in [7, 11) is 0. The maximum absolute atomic E-state index is 12.4. The van der Waals surface area contributed by atoms with Crippen molar-refractivity contribution in [3.8, 4) is 11.4 Å². The van der Waals surface area contributed by atoms with Gasteiger partial charge >= 0.3 is 0 Å². The Labute approximate surface area is 149 Å². The first-order chi connectivity index (χ1) is 12.8. The number of aromatic nitrogens is 3. The Morgan fingerprint density at radius 3 is 3.00 bits per heavy atom. The maximum Gasteiger partial charge on any atom is 0.257 e. The van der Waals surface area contributed by atoms with Gasteiger partial charge in [-0.1, -0.05) is 5.16 Å². The summed E-state index contributed by atoms with van der Waals surface area (Å²) >= 11 is 0. The minimum atomic E-state index is -0.0594. The number of carbonyl (C=O) groups is 1. The van der Waals surface area contributed by atoms with Gasteiger partial charge in [-0.25, -0.2) is 0 Å². The molecule has 0 aliphatic carbocycles. The van der Waals surface area contributed by atoms with Crippen molar-refractivity contribution in [2.24, 2.45) is 0 Å². The number of pyridine rings is 1. The van der Waals surface area contributed by atoms with Gasteiger partial charge in [-0.3, -0.25) is 9.78 Å². The molecule has 0 spiro atoms. The first-order valence-corrected chi connectivity index (χ1v) is 8.45. The highest BCUT2D eigenvalue weighted by molar-refractivity contribution is 5.93. The minimum Gasteiger partial charge on any atom is -0.472 e. The predicted molar refractivity (Wildman–Crippen MR) is 90.0 cm³/mol. The van der Waals surface area contributed by atoms with Crippen LogP contribution in [0.3, 0.4) is 0 Å². The van der Waals surface area contributed by atoms with Gasteiger partial charge in [0.25, 0.3) is 11.8 Å². The van der Waals surface area contributed by atoms with Crippen LogP contribution in [0.1, 0.15) is 29.1 Å². The highest BCUT2D eigenvalue weighted by atomic mass is 16.5. The van der Waals surface area contributed by atoms with Crippen LogP contribution in [0.15, 0.2) is 52.1 Å². The molecule has 134 valence electrons. The van der Waals surface area contributed by atoms with Gasteiger partial charge in [0.05, 0.1) is 17.9 Å². The van der Waals surface area contributed by atoms with Crippen LogP contribution in [0.25, 0.3) is 11.4 Å². The van der Waals surface area contributed by atoms with Crippen molar-refractivity contribution >= 4 is 5.91 Å². The monoisotopic (exact) mass is 354 g/mol. The van der Waals surface area contributed by atoms with Gasteiger partial charge in [-0.05, 0) is 31.0 Å². The zero-order valence-electron chi connectivity index (χ0n) is 14.1. The molecule has 1 aliphatic rings. The fourth-order valence-corrected chi connectivity index (χ4v) is 2.95. The molecule has 8 heteroatoms. The van der Waals surface area contributed by atoms with Crippen LogP contribution in [0, 0.1) is 0 Å². The standard InChI is InChI=1S/C18H18N4O4/c23-18(14-5-9-24-11-14)22-8-1-2-15(10-22)25-12-16-20-17(21-26-16)13-3-6-19-7-4-13/h3-7,9,11,15H,1-2,8,10,12H2/t15-/m0/s1. The highest BCUT2D eigenvalue weighted by Crippen LogP contribution is 2.19. The molecule has 1 atom stereocenters. The van der Waals surface area contributed by atoms with E-state index in [0.717, 1.165) is 24.9 Å². The second-order valence-electron chi connectivity index (χ2n) is 6.09. The number of hydrogen-bond donors (Lipinski definition) is 0. The van der Waals surface area contributed by atoms with Crippen LogP contribution < -0.4 is 0 Å². The number of rotatable bonds is 5. The molecule has 0 N–H and O–H groups in total. The maximum atomic E-state index is 12.4. The molecule has 1 amide bonds. The quantitative estimate of drug-likeness (QED) is 0.695. The predicted octanol–water partition coefficient (Wildman–Crippen LogP) is 2.55. The Bertz CT molecular complexity index is 847. The van der Waals surface area contributed by atoms with E-state index in [0.29, 0.717) is 23.8 Å². The van der Waals surface area contributed by atoms with Gasteiger partial charge in [-0.2, -0.15) is 4.98 Å². The molecule has 26 heavy (non-hydrogen) atoms. The molecule has 0 bridgehead atoms. The van der Waals surface area contributed by atoms with E-state index in [1.54, 1.807) is 23.4 Å². The smallest absolute Gasteiger partial charge is 0.257 e. The van der Waals surface area contributed by atoms with E-state index in [2.05, 4.69) is 15.1 Å². The number of nitrogens with zero attached hydrogens (tertiary/aromatic N) is 4. The van der Waals surface area contributed by atoms with Crippen LogP contribution in [-0.4, -0.2) is 45.1 Å². The Morgan fingerprint density at radius 1 is 1.31 bits per heavy atom. The largest absolute Gasteiger partial charge is 0.472 e. The number of ether oxygens (including phenoxy) is 1. The van der Waals surface area contributed by atoms with Crippen LogP contribution in [0.5, 0.6) is 0 Å². The molecule has 4 heterocycles. The zero-order chi connectivity index (χ0) is 17.8. The van der Waals surface area contributed by atoms with Crippen molar-refractivity contribution in [2.75, 3.05) is 13.1 Å². The zero-order valence-corrected chi connectivity index (χ0v) is 14.1. The van der Waals surface area contributed by atoms with E-state index in [4.69, 9.17) is 13.7 Å². The van der Waals surface area contributed by atoms with Gasteiger partial charge in [-0.15, -0.1) is 0 Å². The molecule has 4 rings (SSSR count). The molecule has 0 aromatic carbocycles. The summed E-state index contributed by atoms with van der Waals surface area (Å²) in [6.07, 6.45) is 8.04. The summed E-state index contributed by atoms with van der Waals surface area (Å²) in [5.41, 5.74) is 1.40. The lowest BCUT2D eigenvalue weighted by Crippen LogP contribution is -2.43. The van der Waals surface area contributed by atoms with Crippen LogP contribution in [-0.2, 0) is 11.3 Å². The number of piperidine rings is 1.